The van der Waals surface area contributed by atoms with Crippen molar-refractivity contribution in [2.75, 3.05) is 0 Å². The molecule has 1 aliphatic carbocycles. The van der Waals surface area contributed by atoms with Crippen LogP contribution in [-0.4, -0.2) is 49.5 Å². The Hall–Kier alpha value is -4.62. The number of hydrogen-bond donors (Lipinski definition) is 2. The molecule has 112 heavy (non-hydrogen) atoms. The van der Waals surface area contributed by atoms with E-state index in [1.165, 1.54) is 74.3 Å². The third-order valence-corrected chi connectivity index (χ3v) is 20.9. The third kappa shape index (κ3) is 39.1. The molecule has 0 bridgehead atoms. The highest BCUT2D eigenvalue weighted by atomic mass is 32.1. The molecule has 7 aromatic heterocycles. The van der Waals surface area contributed by atoms with Crippen molar-refractivity contribution in [2.45, 2.75) is 487 Å². The average molecular weight is 1610 g/mol. The molecule has 13 heteroatoms. The molecule has 2 N–H and O–H groups in total. The van der Waals surface area contributed by atoms with Crippen molar-refractivity contribution in [3.63, 3.8) is 0 Å². The van der Waals surface area contributed by atoms with Crippen LogP contribution in [0.25, 0.3) is 0 Å². The Morgan fingerprint density at radius 1 is 0.384 bits per heavy atom. The summed E-state index contributed by atoms with van der Waals surface area (Å²) in [4.78, 5) is 23.6. The molecular weight excluding hydrogens is 1410 g/mol. The maximum absolute atomic E-state index is 5.44. The van der Waals surface area contributed by atoms with Gasteiger partial charge in [0, 0.05) is 93.8 Å². The Balaban J connectivity index is -0.000000182. The minimum atomic E-state index is 0. The Kier molecular flexibility index (Phi) is 48.6. The molecule has 0 aromatic carbocycles. The SMILES string of the molecule is C.C.C.C.C.C.C.C.CC(C)(C)C1CCCC1C(C)(C)C.CC(C)(C)c1ccnn1C(C)(C)C.CC(C)(C)c1ccsc1C(C)(C)C.CC(C)(C)c1cn[nH]c1C(C)(C)C.CC(C)(C)c1cncn1C(C)(C)C.CC(C)(C)c1nc[nH]c1C(C)(C)C.CC(C)(C)c1ncoc1C(C)(C)C.CC(C)(C)c1ncsc1C(C)(C)C. The molecule has 11 nitrogen and oxygen atoms in total. The first-order valence-corrected chi connectivity index (χ1v) is 40.7. The van der Waals surface area contributed by atoms with Gasteiger partial charge in [-0.1, -0.05) is 357 Å². The number of H-pyrrole nitrogens is 2. The fourth-order valence-corrected chi connectivity index (χ4v) is 15.1. The second-order valence-corrected chi connectivity index (χ2v) is 47.8. The zero-order valence-corrected chi connectivity index (χ0v) is 78.5. The quantitative estimate of drug-likeness (QED) is 0.155. The standard InChI is InChI=1S/C13H26.C12H20S.4C11H20N2.C11H19NO.C11H19NS.8CH4/c1-12(2,3)10-8-7-9-11(10)13(4,5)6;1-11(2,3)9-7-8-13-10(9)12(4,5)6;1-10(2,3)8-9(11(4,5)6)13-7-12-8;1-10(2,3)9-7-12-8-13(9)11(4,5)6;1-10(2,3)8-7-12-13-9(8)11(4,5)6;1-10(2,3)9-7-8-12-13(9)11(4,5)6;2*1-10(2,3)8-9(11(4,5)6)13-7-12-8;;;;;;;;/h10-11H,7-9H2,1-6H3;7-8H,1-6H3;7H,1-6H3,(H,12,13);7-8H,1-6H3;7H,1-6H3,(H,12,13);7-8H,1-6H3;2*7H,1-6H3;8*1H4. The second-order valence-electron chi connectivity index (χ2n) is 46.0. The molecule has 0 radical (unpaired) electrons. The van der Waals surface area contributed by atoms with Gasteiger partial charge in [0.1, 0.15) is 5.76 Å². The van der Waals surface area contributed by atoms with Crippen LogP contribution in [0, 0.1) is 22.7 Å². The topological polar surface area (TPSA) is 132 Å². The highest BCUT2D eigenvalue weighted by Crippen LogP contribution is 2.51. The van der Waals surface area contributed by atoms with Gasteiger partial charge in [-0.05, 0) is 127 Å². The van der Waals surface area contributed by atoms with Gasteiger partial charge in [0.25, 0.3) is 0 Å². The van der Waals surface area contributed by atoms with Crippen molar-refractivity contribution in [3.05, 3.63) is 127 Å². The smallest absolute Gasteiger partial charge is 0.181 e. The van der Waals surface area contributed by atoms with Gasteiger partial charge < -0.3 is 14.0 Å². The van der Waals surface area contributed by atoms with Crippen LogP contribution in [0.2, 0.25) is 0 Å². The lowest BCUT2D eigenvalue weighted by Gasteiger charge is -2.39. The zero-order chi connectivity index (χ0) is 82.2. The van der Waals surface area contributed by atoms with E-state index >= 15 is 0 Å². The van der Waals surface area contributed by atoms with E-state index in [2.05, 4.69) is 399 Å². The molecule has 2 unspecified atom stereocenters. The summed E-state index contributed by atoms with van der Waals surface area (Å²) in [6.45, 7) is 107. The van der Waals surface area contributed by atoms with Crippen molar-refractivity contribution < 1.29 is 4.42 Å². The van der Waals surface area contributed by atoms with E-state index in [1.54, 1.807) is 24.1 Å². The van der Waals surface area contributed by atoms with Crippen molar-refractivity contribution in [1.82, 2.24) is 49.5 Å². The van der Waals surface area contributed by atoms with Gasteiger partial charge in [0.05, 0.1) is 47.0 Å². The van der Waals surface area contributed by atoms with Crippen molar-refractivity contribution >= 4 is 22.7 Å². The van der Waals surface area contributed by atoms with Gasteiger partial charge in [0.15, 0.2) is 6.39 Å². The Labute approximate surface area is 709 Å². The number of nitrogens with zero attached hydrogens (tertiary/aromatic N) is 8. The van der Waals surface area contributed by atoms with Crippen LogP contribution in [0.4, 0.5) is 0 Å². The van der Waals surface area contributed by atoms with E-state index in [0.29, 0.717) is 10.8 Å². The predicted molar refractivity (Wildman–Crippen MR) is 513 cm³/mol. The van der Waals surface area contributed by atoms with Gasteiger partial charge in [-0.3, -0.25) is 9.78 Å². The number of thiophene rings is 1. The summed E-state index contributed by atoms with van der Waals surface area (Å²) in [7, 11) is 0. The predicted octanol–water partition coefficient (Wildman–Crippen LogP) is 32.8. The Morgan fingerprint density at radius 2 is 0.804 bits per heavy atom. The highest BCUT2D eigenvalue weighted by Gasteiger charge is 2.42. The summed E-state index contributed by atoms with van der Waals surface area (Å²) >= 11 is 3.66. The largest absolute Gasteiger partial charge is 0.448 e. The van der Waals surface area contributed by atoms with Crippen molar-refractivity contribution in [2.24, 2.45) is 22.7 Å². The van der Waals surface area contributed by atoms with E-state index in [1.807, 2.05) is 41.8 Å². The maximum Gasteiger partial charge on any atom is 0.181 e. The molecule has 0 spiro atoms. The summed E-state index contributed by atoms with van der Waals surface area (Å²) in [6, 6.07) is 4.37. The van der Waals surface area contributed by atoms with E-state index in [4.69, 9.17) is 4.42 Å². The lowest BCUT2D eigenvalue weighted by Crippen LogP contribution is -2.32. The summed E-state index contributed by atoms with van der Waals surface area (Å²) in [5, 5.41) is 13.8. The van der Waals surface area contributed by atoms with Gasteiger partial charge in [-0.15, -0.1) is 22.7 Å². The third-order valence-electron chi connectivity index (χ3n) is 18.3. The number of oxazole rings is 1. The van der Waals surface area contributed by atoms with Gasteiger partial charge in [0.2, 0.25) is 0 Å². The van der Waals surface area contributed by atoms with Crippen LogP contribution in [0.15, 0.2) is 65.1 Å². The molecule has 0 amide bonds. The molecule has 660 valence electrons. The zero-order valence-electron chi connectivity index (χ0n) is 76.9. The van der Waals surface area contributed by atoms with Gasteiger partial charge in [-0.25, -0.2) is 19.9 Å². The van der Waals surface area contributed by atoms with Crippen LogP contribution in [0.3, 0.4) is 0 Å². The van der Waals surface area contributed by atoms with Crippen molar-refractivity contribution in [1.29, 1.82) is 0 Å². The van der Waals surface area contributed by atoms with Crippen molar-refractivity contribution in [3.8, 4) is 0 Å². The maximum atomic E-state index is 5.44. The first kappa shape index (κ1) is 123. The minimum Gasteiger partial charge on any atom is -0.448 e. The number of aromatic nitrogens is 10. The van der Waals surface area contributed by atoms with Crippen LogP contribution < -0.4 is 0 Å². The first-order chi connectivity index (χ1) is 45.8. The van der Waals surface area contributed by atoms with Crippen LogP contribution >= 0.6 is 22.7 Å². The lowest BCUT2D eigenvalue weighted by molar-refractivity contribution is 0.0992. The van der Waals surface area contributed by atoms with Crippen LogP contribution in [0.1, 0.15) is 478 Å². The van der Waals surface area contributed by atoms with E-state index in [9.17, 15) is 0 Å². The average Bonchev–Trinajstić information content (AvgIpc) is 1.69. The number of nitrogens with one attached hydrogen (secondary N) is 2. The molecule has 1 fully saturated rings. The Morgan fingerprint density at radius 3 is 1.08 bits per heavy atom. The molecule has 1 saturated carbocycles. The number of rotatable bonds is 0. The normalized spacial score (nSPS) is 14.5. The highest BCUT2D eigenvalue weighted by molar-refractivity contribution is 7.10. The fraction of sp³-hybridized carbons (Fsp3) is 0.778. The fourth-order valence-electron chi connectivity index (χ4n) is 12.8. The van der Waals surface area contributed by atoms with E-state index < -0.39 is 0 Å². The monoisotopic (exact) mass is 1610 g/mol. The summed E-state index contributed by atoms with van der Waals surface area (Å²) in [5.74, 6) is 2.88. The molecule has 2 atom stereocenters. The first-order valence-electron chi connectivity index (χ1n) is 39.0. The molecule has 7 aromatic rings. The molecule has 1 aliphatic rings. The summed E-state index contributed by atoms with van der Waals surface area (Å²) < 4.78 is 9.79. The second kappa shape index (κ2) is 44.3. The van der Waals surface area contributed by atoms with E-state index in [-0.39, 0.29) is 135 Å². The number of hydrogen-bond acceptors (Lipinski definition) is 9. The molecule has 0 saturated heterocycles. The van der Waals surface area contributed by atoms with Crippen LogP contribution in [-0.2, 0) is 76.1 Å². The van der Waals surface area contributed by atoms with Gasteiger partial charge >= 0.3 is 0 Å². The number of aromatic amines is 2. The Bertz CT molecular complexity index is 2760. The van der Waals surface area contributed by atoms with Gasteiger partial charge in [-0.2, -0.15) is 10.2 Å². The molecular formula is C99H196N10OS2. The lowest BCUT2D eigenvalue weighted by atomic mass is 9.66. The molecule has 0 aliphatic heterocycles. The number of thiazole rings is 1. The molecule has 8 rings (SSSR count). The van der Waals surface area contributed by atoms with E-state index in [0.717, 1.165) is 23.3 Å². The summed E-state index contributed by atoms with van der Waals surface area (Å²) in [6.07, 6.45) is 15.4. The summed E-state index contributed by atoms with van der Waals surface area (Å²) in [5.41, 5.74) is 16.6. The number of imidazole rings is 2. The van der Waals surface area contributed by atoms with Crippen LogP contribution in [0.5, 0.6) is 0 Å². The molecule has 7 heterocycles. The minimum absolute atomic E-state index is 0.